The van der Waals surface area contributed by atoms with Crippen molar-refractivity contribution in [3.8, 4) is 0 Å². The molecule has 0 unspecified atom stereocenters. The van der Waals surface area contributed by atoms with Gasteiger partial charge in [-0.05, 0) is 32.9 Å². The Morgan fingerprint density at radius 2 is 2.00 bits per heavy atom. The summed E-state index contributed by atoms with van der Waals surface area (Å²) in [5.41, 5.74) is 3.22. The van der Waals surface area contributed by atoms with Gasteiger partial charge in [-0.2, -0.15) is 0 Å². The number of fused-ring (bicyclic) bond motifs is 1. The molecule has 0 aliphatic heterocycles. The summed E-state index contributed by atoms with van der Waals surface area (Å²) < 4.78 is 5.69. The molecule has 0 bridgehead atoms. The quantitative estimate of drug-likeness (QED) is 0.343. The van der Waals surface area contributed by atoms with Crippen molar-refractivity contribution in [1.82, 2.24) is 5.43 Å². The predicted molar refractivity (Wildman–Crippen MR) is 69.8 cm³/mol. The zero-order valence-electron chi connectivity index (χ0n) is 10.3. The smallest absolute Gasteiger partial charge is 0.179 e. The number of amidine groups is 1. The van der Waals surface area contributed by atoms with E-state index >= 15 is 0 Å². The lowest BCUT2D eigenvalue weighted by atomic mass is 10.1. The molecule has 0 atom stereocenters. The van der Waals surface area contributed by atoms with Crippen molar-refractivity contribution in [1.29, 1.82) is 0 Å². The number of rotatable bonds is 1. The molecule has 0 radical (unpaired) electrons. The van der Waals surface area contributed by atoms with E-state index in [0.29, 0.717) is 11.6 Å². The number of hydrazine groups is 1. The molecule has 1 aromatic carbocycles. The Hall–Kier alpha value is -1.81. The van der Waals surface area contributed by atoms with Gasteiger partial charge in [0.25, 0.3) is 0 Å². The third-order valence-corrected chi connectivity index (χ3v) is 2.24. The molecule has 2 aromatic rings. The molecule has 0 aliphatic carbocycles. The molecule has 4 nitrogen and oxygen atoms in total. The fraction of sp³-hybridized carbons (Fsp3) is 0.308. The van der Waals surface area contributed by atoms with Crippen molar-refractivity contribution >= 4 is 16.8 Å². The van der Waals surface area contributed by atoms with E-state index in [4.69, 9.17) is 10.3 Å². The summed E-state index contributed by atoms with van der Waals surface area (Å²) in [5.74, 6) is 6.71. The Bertz CT molecular complexity index is 516. The van der Waals surface area contributed by atoms with Crippen molar-refractivity contribution in [2.45, 2.75) is 26.3 Å². The SMILES string of the molecule is CC(C)(C)N=C(NN)c1cc2ccccc2o1. The Labute approximate surface area is 100 Å². The summed E-state index contributed by atoms with van der Waals surface area (Å²) in [5, 5.41) is 1.04. The second-order valence-corrected chi connectivity index (χ2v) is 4.92. The molecule has 0 spiro atoms. The van der Waals surface area contributed by atoms with E-state index in [-0.39, 0.29) is 5.54 Å². The van der Waals surface area contributed by atoms with E-state index in [0.717, 1.165) is 11.0 Å². The van der Waals surface area contributed by atoms with E-state index in [1.807, 2.05) is 51.1 Å². The molecular formula is C13H17N3O. The average Bonchev–Trinajstić information content (AvgIpc) is 2.67. The molecule has 2 rings (SSSR count). The van der Waals surface area contributed by atoms with E-state index in [2.05, 4.69) is 10.4 Å². The van der Waals surface area contributed by atoms with Crippen LogP contribution in [0.3, 0.4) is 0 Å². The molecular weight excluding hydrogens is 214 g/mol. The Morgan fingerprint density at radius 3 is 2.59 bits per heavy atom. The summed E-state index contributed by atoms with van der Waals surface area (Å²) in [6.07, 6.45) is 0. The van der Waals surface area contributed by atoms with Crippen molar-refractivity contribution in [2.75, 3.05) is 0 Å². The van der Waals surface area contributed by atoms with Crippen molar-refractivity contribution in [2.24, 2.45) is 10.8 Å². The number of para-hydroxylation sites is 1. The number of nitrogens with one attached hydrogen (secondary N) is 1. The van der Waals surface area contributed by atoms with Crippen LogP contribution in [0.15, 0.2) is 39.7 Å². The maximum atomic E-state index is 5.69. The largest absolute Gasteiger partial charge is 0.453 e. The van der Waals surface area contributed by atoms with E-state index < -0.39 is 0 Å². The van der Waals surface area contributed by atoms with Crippen molar-refractivity contribution < 1.29 is 4.42 Å². The Kier molecular flexibility index (Phi) is 2.90. The highest BCUT2D eigenvalue weighted by molar-refractivity contribution is 5.99. The first-order chi connectivity index (χ1) is 7.99. The lowest BCUT2D eigenvalue weighted by Crippen LogP contribution is -2.33. The summed E-state index contributed by atoms with van der Waals surface area (Å²) in [6, 6.07) is 9.75. The summed E-state index contributed by atoms with van der Waals surface area (Å²) in [7, 11) is 0. The maximum absolute atomic E-state index is 5.69. The predicted octanol–water partition coefficient (Wildman–Crippen LogP) is 2.44. The van der Waals surface area contributed by atoms with Crippen molar-refractivity contribution in [3.63, 3.8) is 0 Å². The number of furan rings is 1. The number of nitrogens with two attached hydrogens (primary N) is 1. The minimum Gasteiger partial charge on any atom is -0.453 e. The minimum absolute atomic E-state index is 0.208. The van der Waals surface area contributed by atoms with Gasteiger partial charge in [-0.1, -0.05) is 18.2 Å². The first kappa shape index (κ1) is 11.7. The third-order valence-electron chi connectivity index (χ3n) is 2.24. The fourth-order valence-corrected chi connectivity index (χ4v) is 1.59. The third kappa shape index (κ3) is 2.65. The van der Waals surface area contributed by atoms with Gasteiger partial charge in [-0.3, -0.25) is 4.99 Å². The maximum Gasteiger partial charge on any atom is 0.179 e. The molecule has 0 amide bonds. The van der Waals surface area contributed by atoms with Crippen molar-refractivity contribution in [3.05, 3.63) is 36.1 Å². The molecule has 17 heavy (non-hydrogen) atoms. The van der Waals surface area contributed by atoms with Gasteiger partial charge in [0.1, 0.15) is 5.58 Å². The fourth-order valence-electron chi connectivity index (χ4n) is 1.59. The molecule has 0 saturated heterocycles. The van der Waals surface area contributed by atoms with Gasteiger partial charge < -0.3 is 9.84 Å². The van der Waals surface area contributed by atoms with Crippen LogP contribution in [-0.2, 0) is 0 Å². The highest BCUT2D eigenvalue weighted by Crippen LogP contribution is 2.19. The van der Waals surface area contributed by atoms with Gasteiger partial charge in [-0.25, -0.2) is 5.84 Å². The van der Waals surface area contributed by atoms with Crippen LogP contribution in [-0.4, -0.2) is 11.4 Å². The summed E-state index contributed by atoms with van der Waals surface area (Å²) >= 11 is 0. The highest BCUT2D eigenvalue weighted by Gasteiger charge is 2.14. The first-order valence-corrected chi connectivity index (χ1v) is 5.55. The van der Waals surface area contributed by atoms with E-state index in [9.17, 15) is 0 Å². The molecule has 4 heteroatoms. The van der Waals surface area contributed by atoms with Crippen LogP contribution >= 0.6 is 0 Å². The minimum atomic E-state index is -0.208. The molecule has 0 aliphatic rings. The number of benzene rings is 1. The molecule has 0 fully saturated rings. The van der Waals surface area contributed by atoms with Gasteiger partial charge in [0.2, 0.25) is 0 Å². The van der Waals surface area contributed by atoms with Gasteiger partial charge >= 0.3 is 0 Å². The molecule has 3 N–H and O–H groups in total. The van der Waals surface area contributed by atoms with Crippen LogP contribution in [0.5, 0.6) is 0 Å². The van der Waals surface area contributed by atoms with E-state index in [1.54, 1.807) is 0 Å². The van der Waals surface area contributed by atoms with Gasteiger partial charge in [-0.15, -0.1) is 0 Å². The van der Waals surface area contributed by atoms with Crippen LogP contribution in [0.4, 0.5) is 0 Å². The molecule has 1 heterocycles. The summed E-state index contributed by atoms with van der Waals surface area (Å²) in [6.45, 7) is 6.02. The van der Waals surface area contributed by atoms with Crippen LogP contribution in [0.2, 0.25) is 0 Å². The number of aliphatic imine (C=N–C) groups is 1. The Balaban J connectivity index is 2.47. The standard InChI is InChI=1S/C13H17N3O/c1-13(2,3)15-12(16-14)11-8-9-6-4-5-7-10(9)17-11/h4-8H,14H2,1-3H3,(H,15,16). The number of nitrogens with zero attached hydrogens (tertiary/aromatic N) is 1. The highest BCUT2D eigenvalue weighted by atomic mass is 16.3. The van der Waals surface area contributed by atoms with Crippen LogP contribution in [0, 0.1) is 0 Å². The second kappa shape index (κ2) is 4.22. The molecule has 90 valence electrons. The van der Waals surface area contributed by atoms with E-state index in [1.165, 1.54) is 0 Å². The molecule has 1 aromatic heterocycles. The first-order valence-electron chi connectivity index (χ1n) is 5.55. The zero-order chi connectivity index (χ0) is 12.5. The monoisotopic (exact) mass is 231 g/mol. The zero-order valence-corrected chi connectivity index (χ0v) is 10.3. The topological polar surface area (TPSA) is 63.5 Å². The van der Waals surface area contributed by atoms with Gasteiger partial charge in [0.15, 0.2) is 11.6 Å². The van der Waals surface area contributed by atoms with Crippen LogP contribution in [0.1, 0.15) is 26.5 Å². The normalized spacial score (nSPS) is 13.1. The lowest BCUT2D eigenvalue weighted by Gasteiger charge is -2.14. The van der Waals surface area contributed by atoms with Crippen LogP contribution in [0.25, 0.3) is 11.0 Å². The van der Waals surface area contributed by atoms with Gasteiger partial charge in [0.05, 0.1) is 5.54 Å². The summed E-state index contributed by atoms with van der Waals surface area (Å²) in [4.78, 5) is 4.48. The second-order valence-electron chi connectivity index (χ2n) is 4.92. The molecule has 0 saturated carbocycles. The van der Waals surface area contributed by atoms with Gasteiger partial charge in [0, 0.05) is 5.39 Å². The Morgan fingerprint density at radius 1 is 1.29 bits per heavy atom. The lowest BCUT2D eigenvalue weighted by molar-refractivity contribution is 0.564. The number of hydrogen-bond donors (Lipinski definition) is 2. The average molecular weight is 231 g/mol. The number of hydrogen-bond acceptors (Lipinski definition) is 3. The van der Waals surface area contributed by atoms with Crippen LogP contribution < -0.4 is 11.3 Å².